The van der Waals surface area contributed by atoms with Gasteiger partial charge in [-0.15, -0.1) is 0 Å². The van der Waals surface area contributed by atoms with Crippen molar-refractivity contribution in [3.63, 3.8) is 0 Å². The first-order chi connectivity index (χ1) is 9.56. The number of rotatable bonds is 5. The lowest BCUT2D eigenvalue weighted by atomic mass is 10.3. The molecule has 1 heterocycles. The van der Waals surface area contributed by atoms with Gasteiger partial charge in [-0.1, -0.05) is 6.92 Å². The summed E-state index contributed by atoms with van der Waals surface area (Å²) in [5.74, 6) is 0.790. The van der Waals surface area contributed by atoms with Crippen LogP contribution in [0.15, 0.2) is 34.3 Å². The van der Waals surface area contributed by atoms with Crippen LogP contribution in [0.25, 0.3) is 0 Å². The van der Waals surface area contributed by atoms with Gasteiger partial charge in [0.25, 0.3) is 0 Å². The molecule has 106 valence electrons. The highest BCUT2D eigenvalue weighted by atomic mass is 32.2. The summed E-state index contributed by atoms with van der Waals surface area (Å²) in [5, 5.41) is 0.731. The van der Waals surface area contributed by atoms with Gasteiger partial charge in [0, 0.05) is 28.0 Å². The summed E-state index contributed by atoms with van der Waals surface area (Å²) < 4.78 is 5.63. The second-order valence-corrected chi connectivity index (χ2v) is 5.66. The van der Waals surface area contributed by atoms with E-state index in [1.165, 1.54) is 11.8 Å². The number of benzene rings is 1. The zero-order chi connectivity index (χ0) is 14.5. The van der Waals surface area contributed by atoms with E-state index >= 15 is 0 Å². The molecular weight excluding hydrogens is 270 g/mol. The standard InChI is InChI=1S/C15H19N3OS/c1-4-5-19-13-7-12(16)8-14(9-13)20-15-17-10(2)6-11(3)18-15/h6-9H,4-5,16H2,1-3H3. The van der Waals surface area contributed by atoms with E-state index in [9.17, 15) is 0 Å². The first-order valence-electron chi connectivity index (χ1n) is 6.60. The van der Waals surface area contributed by atoms with Crippen molar-refractivity contribution in [3.8, 4) is 5.75 Å². The van der Waals surface area contributed by atoms with Crippen LogP contribution in [0, 0.1) is 13.8 Å². The molecule has 0 amide bonds. The summed E-state index contributed by atoms with van der Waals surface area (Å²) in [7, 11) is 0. The van der Waals surface area contributed by atoms with Crippen LogP contribution in [0.2, 0.25) is 0 Å². The smallest absolute Gasteiger partial charge is 0.192 e. The topological polar surface area (TPSA) is 61.0 Å². The lowest BCUT2D eigenvalue weighted by molar-refractivity contribution is 0.317. The van der Waals surface area contributed by atoms with Crippen LogP contribution in [0.5, 0.6) is 5.75 Å². The molecule has 20 heavy (non-hydrogen) atoms. The Balaban J connectivity index is 2.21. The zero-order valence-corrected chi connectivity index (χ0v) is 12.8. The molecule has 2 rings (SSSR count). The van der Waals surface area contributed by atoms with Crippen LogP contribution in [0.3, 0.4) is 0 Å². The molecule has 0 spiro atoms. The third kappa shape index (κ3) is 4.13. The predicted molar refractivity (Wildman–Crippen MR) is 82.3 cm³/mol. The summed E-state index contributed by atoms with van der Waals surface area (Å²) in [4.78, 5) is 9.83. The minimum absolute atomic E-state index is 0.686. The first kappa shape index (κ1) is 14.7. The Labute approximate surface area is 123 Å². The fourth-order valence-corrected chi connectivity index (χ4v) is 2.76. The van der Waals surface area contributed by atoms with Crippen molar-refractivity contribution in [2.24, 2.45) is 0 Å². The van der Waals surface area contributed by atoms with Crippen molar-refractivity contribution in [1.29, 1.82) is 0 Å². The minimum Gasteiger partial charge on any atom is -0.493 e. The molecule has 0 saturated heterocycles. The van der Waals surface area contributed by atoms with E-state index in [4.69, 9.17) is 10.5 Å². The number of aryl methyl sites for hydroxylation is 2. The van der Waals surface area contributed by atoms with Crippen LogP contribution >= 0.6 is 11.8 Å². The van der Waals surface area contributed by atoms with Gasteiger partial charge in [-0.2, -0.15) is 0 Å². The summed E-state index contributed by atoms with van der Waals surface area (Å²) in [6, 6.07) is 7.67. The maximum atomic E-state index is 5.91. The molecule has 0 bridgehead atoms. The molecular formula is C15H19N3OS. The highest BCUT2D eigenvalue weighted by Crippen LogP contribution is 2.30. The maximum absolute atomic E-state index is 5.91. The molecule has 2 N–H and O–H groups in total. The Morgan fingerprint density at radius 2 is 1.80 bits per heavy atom. The average Bonchev–Trinajstić information content (AvgIpc) is 2.34. The van der Waals surface area contributed by atoms with Crippen LogP contribution in [0.1, 0.15) is 24.7 Å². The third-order valence-corrected chi connectivity index (χ3v) is 3.38. The maximum Gasteiger partial charge on any atom is 0.192 e. The van der Waals surface area contributed by atoms with Gasteiger partial charge in [-0.25, -0.2) is 9.97 Å². The van der Waals surface area contributed by atoms with Crippen molar-refractivity contribution in [1.82, 2.24) is 9.97 Å². The Hall–Kier alpha value is -1.75. The van der Waals surface area contributed by atoms with Crippen molar-refractivity contribution in [2.45, 2.75) is 37.2 Å². The van der Waals surface area contributed by atoms with Crippen LogP contribution in [0.4, 0.5) is 5.69 Å². The van der Waals surface area contributed by atoms with Gasteiger partial charge in [-0.3, -0.25) is 0 Å². The third-order valence-electron chi connectivity index (χ3n) is 2.55. The number of aromatic nitrogens is 2. The van der Waals surface area contributed by atoms with Crippen molar-refractivity contribution >= 4 is 17.4 Å². The van der Waals surface area contributed by atoms with Crippen molar-refractivity contribution in [3.05, 3.63) is 35.7 Å². The molecule has 0 radical (unpaired) electrons. The average molecular weight is 289 g/mol. The summed E-state index contributed by atoms with van der Waals surface area (Å²) in [6.07, 6.45) is 0.970. The Morgan fingerprint density at radius 3 is 2.45 bits per heavy atom. The lowest BCUT2D eigenvalue weighted by Gasteiger charge is -2.08. The predicted octanol–water partition coefficient (Wildman–Crippen LogP) is 3.62. The second kappa shape index (κ2) is 6.61. The fourth-order valence-electron chi connectivity index (χ4n) is 1.80. The molecule has 2 aromatic rings. The van der Waals surface area contributed by atoms with Gasteiger partial charge in [-0.05, 0) is 50.2 Å². The van der Waals surface area contributed by atoms with E-state index in [-0.39, 0.29) is 0 Å². The number of hydrogen-bond donors (Lipinski definition) is 1. The van der Waals surface area contributed by atoms with Gasteiger partial charge in [0.1, 0.15) is 5.75 Å². The van der Waals surface area contributed by atoms with E-state index in [1.54, 1.807) is 0 Å². The molecule has 5 heteroatoms. The van der Waals surface area contributed by atoms with Crippen LogP contribution in [-0.2, 0) is 0 Å². The molecule has 0 aliphatic carbocycles. The molecule has 0 aliphatic heterocycles. The zero-order valence-electron chi connectivity index (χ0n) is 12.0. The number of nitrogen functional groups attached to an aromatic ring is 1. The minimum atomic E-state index is 0.686. The van der Waals surface area contributed by atoms with E-state index in [1.807, 2.05) is 38.1 Å². The number of nitrogens with zero attached hydrogens (tertiary/aromatic N) is 2. The Kier molecular flexibility index (Phi) is 4.84. The van der Waals surface area contributed by atoms with Gasteiger partial charge >= 0.3 is 0 Å². The van der Waals surface area contributed by atoms with E-state index < -0.39 is 0 Å². The van der Waals surface area contributed by atoms with Crippen LogP contribution < -0.4 is 10.5 Å². The molecule has 0 saturated carbocycles. The molecule has 4 nitrogen and oxygen atoms in total. The Bertz CT molecular complexity index is 581. The second-order valence-electron chi connectivity index (χ2n) is 4.62. The quantitative estimate of drug-likeness (QED) is 0.673. The number of anilines is 1. The van der Waals surface area contributed by atoms with Gasteiger partial charge in [0.2, 0.25) is 0 Å². The first-order valence-corrected chi connectivity index (χ1v) is 7.42. The summed E-state index contributed by atoms with van der Waals surface area (Å²) in [5.41, 5.74) is 8.52. The van der Waals surface area contributed by atoms with Gasteiger partial charge < -0.3 is 10.5 Å². The molecule has 1 aromatic heterocycles. The van der Waals surface area contributed by atoms with E-state index in [0.717, 1.165) is 33.6 Å². The van der Waals surface area contributed by atoms with Gasteiger partial charge in [0.15, 0.2) is 5.16 Å². The summed E-state index contributed by atoms with van der Waals surface area (Å²) in [6.45, 7) is 6.70. The number of nitrogens with two attached hydrogens (primary N) is 1. The molecule has 1 aromatic carbocycles. The molecule has 0 aliphatic rings. The summed E-state index contributed by atoms with van der Waals surface area (Å²) >= 11 is 1.50. The van der Waals surface area contributed by atoms with Gasteiger partial charge in [0.05, 0.1) is 6.61 Å². The normalized spacial score (nSPS) is 10.6. The number of hydrogen-bond acceptors (Lipinski definition) is 5. The highest BCUT2D eigenvalue weighted by Gasteiger charge is 2.06. The SMILES string of the molecule is CCCOc1cc(N)cc(Sc2nc(C)cc(C)n2)c1. The number of ether oxygens (including phenoxy) is 1. The van der Waals surface area contributed by atoms with E-state index in [2.05, 4.69) is 16.9 Å². The largest absolute Gasteiger partial charge is 0.493 e. The molecule has 0 unspecified atom stereocenters. The molecule has 0 fully saturated rings. The van der Waals surface area contributed by atoms with Crippen molar-refractivity contribution in [2.75, 3.05) is 12.3 Å². The monoisotopic (exact) mass is 289 g/mol. The van der Waals surface area contributed by atoms with Crippen LogP contribution in [-0.4, -0.2) is 16.6 Å². The highest BCUT2D eigenvalue weighted by molar-refractivity contribution is 7.99. The molecule has 0 atom stereocenters. The van der Waals surface area contributed by atoms with E-state index in [0.29, 0.717) is 12.3 Å². The Morgan fingerprint density at radius 1 is 1.10 bits per heavy atom. The fraction of sp³-hybridized carbons (Fsp3) is 0.333. The van der Waals surface area contributed by atoms with Crippen molar-refractivity contribution < 1.29 is 4.74 Å². The lowest BCUT2D eigenvalue weighted by Crippen LogP contribution is -1.97.